The molecule has 1 atom stereocenters. The zero-order chi connectivity index (χ0) is 15.5. The highest BCUT2D eigenvalue weighted by molar-refractivity contribution is 5.94. The van der Waals surface area contributed by atoms with Crippen LogP contribution in [0.5, 0.6) is 0 Å². The molecule has 116 valence electrons. The van der Waals surface area contributed by atoms with Crippen molar-refractivity contribution in [2.75, 3.05) is 6.54 Å². The molecule has 5 heteroatoms. The maximum Gasteiger partial charge on any atom is 0.254 e. The maximum absolute atomic E-state index is 13.1. The van der Waals surface area contributed by atoms with Crippen molar-refractivity contribution >= 4 is 5.91 Å². The molecule has 0 aliphatic carbocycles. The molecule has 3 rings (SSSR count). The smallest absolute Gasteiger partial charge is 0.254 e. The first kappa shape index (κ1) is 14.8. The number of nitrogens with zero attached hydrogens (tertiary/aromatic N) is 2. The Morgan fingerprint density at radius 1 is 1.27 bits per heavy atom. The minimum absolute atomic E-state index is 0.0825. The molecule has 22 heavy (non-hydrogen) atoms. The Balaban J connectivity index is 1.89. The third-order valence-corrected chi connectivity index (χ3v) is 4.08. The summed E-state index contributed by atoms with van der Waals surface area (Å²) in [7, 11) is 0. The van der Waals surface area contributed by atoms with E-state index in [1.807, 2.05) is 17.9 Å². The Kier molecular flexibility index (Phi) is 4.22. The topological polar surface area (TPSA) is 46.3 Å². The molecule has 4 nitrogen and oxygen atoms in total. The fraction of sp³-hybridized carbons (Fsp3) is 0.412. The van der Waals surface area contributed by atoms with Crippen LogP contribution in [0.4, 0.5) is 4.39 Å². The first-order valence-corrected chi connectivity index (χ1v) is 7.65. The van der Waals surface area contributed by atoms with Gasteiger partial charge in [-0.3, -0.25) is 4.79 Å². The first-order valence-electron chi connectivity index (χ1n) is 7.65. The molecule has 0 N–H and O–H groups in total. The van der Waals surface area contributed by atoms with Crippen molar-refractivity contribution in [3.05, 3.63) is 53.2 Å². The van der Waals surface area contributed by atoms with Gasteiger partial charge in [0.05, 0.1) is 11.7 Å². The highest BCUT2D eigenvalue weighted by Gasteiger charge is 2.30. The Morgan fingerprint density at radius 3 is 2.73 bits per heavy atom. The number of hydrogen-bond donors (Lipinski definition) is 0. The molecule has 2 aromatic rings. The highest BCUT2D eigenvalue weighted by Crippen LogP contribution is 2.31. The summed E-state index contributed by atoms with van der Waals surface area (Å²) in [4.78, 5) is 14.6. The molecule has 0 spiro atoms. The molecule has 1 aromatic carbocycles. The van der Waals surface area contributed by atoms with Crippen LogP contribution >= 0.6 is 0 Å². The lowest BCUT2D eigenvalue weighted by Gasteiger charge is -2.28. The number of rotatable bonds is 2. The zero-order valence-electron chi connectivity index (χ0n) is 12.6. The molecule has 0 radical (unpaired) electrons. The van der Waals surface area contributed by atoms with Crippen molar-refractivity contribution in [3.8, 4) is 0 Å². The summed E-state index contributed by atoms with van der Waals surface area (Å²) >= 11 is 0. The van der Waals surface area contributed by atoms with E-state index in [1.165, 1.54) is 24.3 Å². The Hall–Kier alpha value is -2.17. The summed E-state index contributed by atoms with van der Waals surface area (Å²) in [6.45, 7) is 2.55. The number of carbonyl (C=O) groups is 1. The van der Waals surface area contributed by atoms with Crippen LogP contribution in [0, 0.1) is 12.7 Å². The van der Waals surface area contributed by atoms with Crippen LogP contribution in [0.3, 0.4) is 0 Å². The van der Waals surface area contributed by atoms with E-state index in [2.05, 4.69) is 5.16 Å². The van der Waals surface area contributed by atoms with Gasteiger partial charge in [0, 0.05) is 18.2 Å². The highest BCUT2D eigenvalue weighted by atomic mass is 19.1. The minimum Gasteiger partial charge on any atom is -0.359 e. The Labute approximate surface area is 128 Å². The Bertz CT molecular complexity index is 651. The second-order valence-electron chi connectivity index (χ2n) is 5.74. The van der Waals surface area contributed by atoms with Crippen molar-refractivity contribution in [2.45, 2.75) is 38.6 Å². The lowest BCUT2D eigenvalue weighted by Crippen LogP contribution is -2.34. The van der Waals surface area contributed by atoms with E-state index in [4.69, 9.17) is 4.52 Å². The molecular formula is C17H19FN2O2. The van der Waals surface area contributed by atoms with Gasteiger partial charge in [-0.15, -0.1) is 0 Å². The van der Waals surface area contributed by atoms with Crippen LogP contribution in [0.1, 0.15) is 53.5 Å². The second kappa shape index (κ2) is 6.30. The van der Waals surface area contributed by atoms with Gasteiger partial charge in [0.1, 0.15) is 5.82 Å². The maximum atomic E-state index is 13.1. The van der Waals surface area contributed by atoms with Gasteiger partial charge >= 0.3 is 0 Å². The average Bonchev–Trinajstić information content (AvgIpc) is 2.81. The largest absolute Gasteiger partial charge is 0.359 e. The van der Waals surface area contributed by atoms with Crippen LogP contribution in [0.2, 0.25) is 0 Å². The molecule has 0 bridgehead atoms. The lowest BCUT2D eigenvalue weighted by atomic mass is 10.1. The number of hydrogen-bond acceptors (Lipinski definition) is 3. The van der Waals surface area contributed by atoms with Crippen molar-refractivity contribution in [2.24, 2.45) is 0 Å². The quantitative estimate of drug-likeness (QED) is 0.845. The van der Waals surface area contributed by atoms with Crippen LogP contribution in [-0.4, -0.2) is 22.5 Å². The molecular weight excluding hydrogens is 283 g/mol. The molecule has 0 saturated carbocycles. The fourth-order valence-electron chi connectivity index (χ4n) is 2.95. The number of carbonyl (C=O) groups excluding carboxylic acids is 1. The number of amides is 1. The number of aromatic nitrogens is 1. The third-order valence-electron chi connectivity index (χ3n) is 4.08. The van der Waals surface area contributed by atoms with Gasteiger partial charge in [0.25, 0.3) is 5.91 Å². The number of likely N-dealkylation sites (tertiary alicyclic amines) is 1. The molecule has 1 amide bonds. The van der Waals surface area contributed by atoms with Crippen LogP contribution < -0.4 is 0 Å². The van der Waals surface area contributed by atoms with Crippen molar-refractivity contribution in [3.63, 3.8) is 0 Å². The van der Waals surface area contributed by atoms with Gasteiger partial charge < -0.3 is 9.42 Å². The molecule has 2 heterocycles. The predicted molar refractivity (Wildman–Crippen MR) is 79.9 cm³/mol. The van der Waals surface area contributed by atoms with Gasteiger partial charge in [-0.1, -0.05) is 18.0 Å². The summed E-state index contributed by atoms with van der Waals surface area (Å²) in [6, 6.07) is 7.50. The van der Waals surface area contributed by atoms with Crippen LogP contribution in [-0.2, 0) is 0 Å². The van der Waals surface area contributed by atoms with E-state index in [-0.39, 0.29) is 17.8 Å². The van der Waals surface area contributed by atoms with E-state index in [0.29, 0.717) is 12.1 Å². The van der Waals surface area contributed by atoms with Crippen LogP contribution in [0.25, 0.3) is 0 Å². The first-order chi connectivity index (χ1) is 10.6. The van der Waals surface area contributed by atoms with Crippen molar-refractivity contribution < 1.29 is 13.7 Å². The standard InChI is InChI=1S/C17H19FN2O2/c1-12-11-16(22-19-12)15-5-3-2-4-10-20(15)17(21)13-6-8-14(18)9-7-13/h6-9,11,15H,2-5,10H2,1H3/t15-/m1/s1. The number of aryl methyl sites for hydroxylation is 1. The summed E-state index contributed by atoms with van der Waals surface area (Å²) < 4.78 is 18.4. The van der Waals surface area contributed by atoms with Crippen molar-refractivity contribution in [1.29, 1.82) is 0 Å². The molecule has 1 aliphatic rings. The van der Waals surface area contributed by atoms with E-state index in [1.54, 1.807) is 0 Å². The fourth-order valence-corrected chi connectivity index (χ4v) is 2.95. The van der Waals surface area contributed by atoms with E-state index >= 15 is 0 Å². The normalized spacial score (nSPS) is 19.0. The van der Waals surface area contributed by atoms with Crippen molar-refractivity contribution in [1.82, 2.24) is 10.1 Å². The van der Waals surface area contributed by atoms with E-state index < -0.39 is 0 Å². The van der Waals surface area contributed by atoms with Crippen LogP contribution in [0.15, 0.2) is 34.9 Å². The van der Waals surface area contributed by atoms with Gasteiger partial charge in [0.2, 0.25) is 0 Å². The van der Waals surface area contributed by atoms with Gasteiger partial charge in [-0.05, 0) is 44.0 Å². The summed E-state index contributed by atoms with van der Waals surface area (Å²) in [5.41, 5.74) is 1.32. The summed E-state index contributed by atoms with van der Waals surface area (Å²) in [6.07, 6.45) is 3.98. The molecule has 1 fully saturated rings. The SMILES string of the molecule is Cc1cc([C@H]2CCCCCN2C(=O)c2ccc(F)cc2)on1. The molecule has 1 aliphatic heterocycles. The second-order valence-corrected chi connectivity index (χ2v) is 5.74. The number of benzene rings is 1. The van der Waals surface area contributed by atoms with E-state index in [9.17, 15) is 9.18 Å². The molecule has 0 unspecified atom stereocenters. The van der Waals surface area contributed by atoms with Gasteiger partial charge in [-0.2, -0.15) is 0 Å². The monoisotopic (exact) mass is 302 g/mol. The van der Waals surface area contributed by atoms with Gasteiger partial charge in [0.15, 0.2) is 5.76 Å². The lowest BCUT2D eigenvalue weighted by molar-refractivity contribution is 0.0651. The average molecular weight is 302 g/mol. The predicted octanol–water partition coefficient (Wildman–Crippen LogP) is 3.88. The zero-order valence-corrected chi connectivity index (χ0v) is 12.6. The third kappa shape index (κ3) is 3.03. The Morgan fingerprint density at radius 2 is 2.05 bits per heavy atom. The summed E-state index contributed by atoms with van der Waals surface area (Å²) in [5.74, 6) is 0.311. The molecule has 1 aromatic heterocycles. The van der Waals surface area contributed by atoms with E-state index in [0.717, 1.165) is 37.1 Å². The molecule has 1 saturated heterocycles. The number of halogens is 1. The van der Waals surface area contributed by atoms with Gasteiger partial charge in [-0.25, -0.2) is 4.39 Å². The minimum atomic E-state index is -0.338. The summed E-state index contributed by atoms with van der Waals surface area (Å²) in [5, 5.41) is 3.94.